The second kappa shape index (κ2) is 10.2. The normalized spacial score (nSPS) is 27.4. The number of piperidine rings is 1. The van der Waals surface area contributed by atoms with Crippen molar-refractivity contribution in [2.45, 2.75) is 65.5 Å². The van der Waals surface area contributed by atoms with Gasteiger partial charge in [0, 0.05) is 47.0 Å². The van der Waals surface area contributed by atoms with Gasteiger partial charge in [0.1, 0.15) is 5.82 Å². The summed E-state index contributed by atoms with van der Waals surface area (Å²) in [5, 5.41) is 14.3. The van der Waals surface area contributed by atoms with Gasteiger partial charge in [-0.05, 0) is 89.5 Å². The molecule has 0 radical (unpaired) electrons. The van der Waals surface area contributed by atoms with Crippen molar-refractivity contribution in [2.24, 2.45) is 17.3 Å². The summed E-state index contributed by atoms with van der Waals surface area (Å²) in [6, 6.07) is 5.96. The summed E-state index contributed by atoms with van der Waals surface area (Å²) in [5.41, 5.74) is 2.45. The number of nitrogens with one attached hydrogen (secondary N) is 1. The maximum absolute atomic E-state index is 11.5. The molecule has 1 aromatic carbocycles. The van der Waals surface area contributed by atoms with Crippen LogP contribution >= 0.6 is 23.2 Å². The molecule has 0 bridgehead atoms. The van der Waals surface area contributed by atoms with E-state index < -0.39 is 11.4 Å². The first-order valence-electron chi connectivity index (χ1n) is 13.3. The number of aromatic nitrogens is 2. The van der Waals surface area contributed by atoms with Crippen molar-refractivity contribution in [3.63, 3.8) is 0 Å². The van der Waals surface area contributed by atoms with Gasteiger partial charge in [-0.25, -0.2) is 4.98 Å². The van der Waals surface area contributed by atoms with E-state index in [1.807, 2.05) is 32.9 Å². The standard InChI is InChI=1S/C28H37Cl2N5O2/c1-16-17(2)32-27(33-25(16)31-18(3)23-8-7-21(29)10-24(23)30)35-14-20(15-35)19-6-5-9-34(13-19)22-11-28(4,12-22)26(36)37/h7-8,10,18-20,22H,5-6,9,11-15H2,1-4H3,(H,36,37)(H,31,32,33). The number of aliphatic carboxylic acids is 1. The Kier molecular flexibility index (Phi) is 7.33. The lowest BCUT2D eigenvalue weighted by molar-refractivity contribution is -0.158. The predicted octanol–water partition coefficient (Wildman–Crippen LogP) is 5.97. The molecule has 0 spiro atoms. The van der Waals surface area contributed by atoms with Crippen LogP contribution in [-0.4, -0.2) is 58.2 Å². The number of halogens is 2. The van der Waals surface area contributed by atoms with E-state index in [0.717, 1.165) is 67.6 Å². The van der Waals surface area contributed by atoms with Crippen LogP contribution < -0.4 is 10.2 Å². The third-order valence-electron chi connectivity index (χ3n) is 8.91. The molecule has 0 amide bonds. The summed E-state index contributed by atoms with van der Waals surface area (Å²) in [4.78, 5) is 26.1. The minimum atomic E-state index is -0.653. The van der Waals surface area contributed by atoms with Crippen LogP contribution in [0.3, 0.4) is 0 Å². The summed E-state index contributed by atoms with van der Waals surface area (Å²) in [6.45, 7) is 12.1. The van der Waals surface area contributed by atoms with Crippen molar-refractivity contribution < 1.29 is 9.90 Å². The molecule has 1 aliphatic carbocycles. The first-order chi connectivity index (χ1) is 17.5. The van der Waals surface area contributed by atoms with Crippen molar-refractivity contribution in [1.29, 1.82) is 0 Å². The van der Waals surface area contributed by atoms with Crippen LogP contribution in [0, 0.1) is 31.1 Å². The number of aryl methyl sites for hydroxylation is 1. The smallest absolute Gasteiger partial charge is 0.309 e. The van der Waals surface area contributed by atoms with Gasteiger partial charge in [0.25, 0.3) is 0 Å². The molecular formula is C28H37Cl2N5O2. The fourth-order valence-electron chi connectivity index (χ4n) is 6.18. The molecule has 2 aromatic rings. The number of carboxylic acids is 1. The van der Waals surface area contributed by atoms with Gasteiger partial charge in [0.2, 0.25) is 5.95 Å². The van der Waals surface area contributed by atoms with Crippen molar-refractivity contribution >= 4 is 40.9 Å². The zero-order valence-electron chi connectivity index (χ0n) is 22.1. The third-order valence-corrected chi connectivity index (χ3v) is 9.48. The Morgan fingerprint density at radius 3 is 2.57 bits per heavy atom. The average Bonchev–Trinajstić information content (AvgIpc) is 2.79. The Morgan fingerprint density at radius 1 is 1.16 bits per heavy atom. The van der Waals surface area contributed by atoms with E-state index in [1.54, 1.807) is 6.07 Å². The van der Waals surface area contributed by atoms with Crippen LogP contribution in [0.2, 0.25) is 10.0 Å². The van der Waals surface area contributed by atoms with Gasteiger partial charge in [0.05, 0.1) is 11.5 Å². The van der Waals surface area contributed by atoms with Gasteiger partial charge in [-0.2, -0.15) is 4.98 Å². The van der Waals surface area contributed by atoms with Crippen LogP contribution in [-0.2, 0) is 4.79 Å². The number of hydrogen-bond acceptors (Lipinski definition) is 6. The molecule has 7 nitrogen and oxygen atoms in total. The zero-order valence-corrected chi connectivity index (χ0v) is 23.6. The Labute approximate surface area is 229 Å². The van der Waals surface area contributed by atoms with Crippen molar-refractivity contribution in [3.8, 4) is 0 Å². The molecule has 37 heavy (non-hydrogen) atoms. The van der Waals surface area contributed by atoms with E-state index in [2.05, 4.69) is 22.0 Å². The molecule has 2 aliphatic heterocycles. The van der Waals surface area contributed by atoms with E-state index in [9.17, 15) is 9.90 Å². The predicted molar refractivity (Wildman–Crippen MR) is 149 cm³/mol. The Bertz CT molecular complexity index is 1180. The SMILES string of the molecule is Cc1nc(N2CC(C3CCCN(C4CC(C)(C(=O)O)C4)C3)C2)nc(NC(C)c2ccc(Cl)cc2Cl)c1C. The Morgan fingerprint density at radius 2 is 1.89 bits per heavy atom. The van der Waals surface area contributed by atoms with Crippen LogP contribution in [0.15, 0.2) is 18.2 Å². The second-order valence-electron chi connectivity index (χ2n) is 11.6. The number of benzene rings is 1. The highest BCUT2D eigenvalue weighted by Gasteiger charge is 2.49. The summed E-state index contributed by atoms with van der Waals surface area (Å²) >= 11 is 12.5. The number of rotatable bonds is 7. The Balaban J connectivity index is 1.20. The lowest BCUT2D eigenvalue weighted by Gasteiger charge is -2.52. The minimum Gasteiger partial charge on any atom is -0.481 e. The zero-order chi connectivity index (χ0) is 26.5. The fourth-order valence-corrected chi connectivity index (χ4v) is 6.75. The molecule has 3 aliphatic rings. The molecule has 2 saturated heterocycles. The molecule has 3 fully saturated rings. The van der Waals surface area contributed by atoms with Gasteiger partial charge in [-0.1, -0.05) is 29.3 Å². The first kappa shape index (κ1) is 26.5. The van der Waals surface area contributed by atoms with Gasteiger partial charge in [0.15, 0.2) is 0 Å². The molecule has 9 heteroatoms. The maximum atomic E-state index is 11.5. The van der Waals surface area contributed by atoms with Gasteiger partial charge < -0.3 is 20.2 Å². The monoisotopic (exact) mass is 545 g/mol. The molecule has 3 heterocycles. The number of nitrogens with zero attached hydrogens (tertiary/aromatic N) is 4. The highest BCUT2D eigenvalue weighted by atomic mass is 35.5. The van der Waals surface area contributed by atoms with Gasteiger partial charge >= 0.3 is 5.97 Å². The fraction of sp³-hybridized carbons (Fsp3) is 0.607. The molecule has 1 saturated carbocycles. The molecule has 5 rings (SSSR count). The van der Waals surface area contributed by atoms with E-state index in [4.69, 9.17) is 33.2 Å². The van der Waals surface area contributed by atoms with Crippen LogP contribution in [0.4, 0.5) is 11.8 Å². The molecule has 1 aromatic heterocycles. The lowest BCUT2D eigenvalue weighted by atomic mass is 9.65. The topological polar surface area (TPSA) is 81.6 Å². The maximum Gasteiger partial charge on any atom is 0.309 e. The number of carbonyl (C=O) groups is 1. The summed E-state index contributed by atoms with van der Waals surface area (Å²) in [7, 11) is 0. The van der Waals surface area contributed by atoms with Crippen LogP contribution in [0.1, 0.15) is 62.4 Å². The van der Waals surface area contributed by atoms with E-state index in [1.165, 1.54) is 12.8 Å². The number of likely N-dealkylation sites (tertiary alicyclic amines) is 1. The number of carboxylic acid groups (broad SMARTS) is 1. The third kappa shape index (κ3) is 5.27. The van der Waals surface area contributed by atoms with Crippen LogP contribution in [0.5, 0.6) is 0 Å². The average molecular weight is 547 g/mol. The number of hydrogen-bond donors (Lipinski definition) is 2. The van der Waals surface area contributed by atoms with Crippen molar-refractivity contribution in [1.82, 2.24) is 14.9 Å². The quantitative estimate of drug-likeness (QED) is 0.443. The molecule has 2 N–H and O–H groups in total. The summed E-state index contributed by atoms with van der Waals surface area (Å²) in [6.07, 6.45) is 3.99. The molecular weight excluding hydrogens is 509 g/mol. The summed E-state index contributed by atoms with van der Waals surface area (Å²) < 4.78 is 0. The highest BCUT2D eigenvalue weighted by molar-refractivity contribution is 6.35. The lowest BCUT2D eigenvalue weighted by Crippen LogP contribution is -2.58. The molecule has 200 valence electrons. The van der Waals surface area contributed by atoms with Crippen molar-refractivity contribution in [2.75, 3.05) is 36.4 Å². The number of anilines is 2. The first-order valence-corrected chi connectivity index (χ1v) is 14.1. The minimum absolute atomic E-state index is 0.0301. The molecule has 2 unspecified atom stereocenters. The second-order valence-corrected chi connectivity index (χ2v) is 12.4. The van der Waals surface area contributed by atoms with E-state index in [0.29, 0.717) is 27.9 Å². The molecule has 2 atom stereocenters. The van der Waals surface area contributed by atoms with E-state index in [-0.39, 0.29) is 6.04 Å². The van der Waals surface area contributed by atoms with E-state index >= 15 is 0 Å². The Hall–Kier alpha value is -2.09. The highest BCUT2D eigenvalue weighted by Crippen LogP contribution is 2.45. The van der Waals surface area contributed by atoms with Gasteiger partial charge in [-0.3, -0.25) is 4.79 Å². The largest absolute Gasteiger partial charge is 0.481 e. The van der Waals surface area contributed by atoms with Crippen molar-refractivity contribution in [3.05, 3.63) is 45.1 Å². The van der Waals surface area contributed by atoms with Crippen LogP contribution in [0.25, 0.3) is 0 Å². The summed E-state index contributed by atoms with van der Waals surface area (Å²) in [5.74, 6) is 2.24. The van der Waals surface area contributed by atoms with Gasteiger partial charge in [-0.15, -0.1) is 0 Å².